The van der Waals surface area contributed by atoms with Crippen LogP contribution in [0.4, 0.5) is 4.79 Å². The predicted molar refractivity (Wildman–Crippen MR) is 102 cm³/mol. The van der Waals surface area contributed by atoms with Gasteiger partial charge in [-0.15, -0.1) is 5.10 Å². The van der Waals surface area contributed by atoms with Crippen molar-refractivity contribution in [3.05, 3.63) is 6.20 Å². The monoisotopic (exact) mass is 378 g/mol. The summed E-state index contributed by atoms with van der Waals surface area (Å²) >= 11 is 0. The SMILES string of the molecule is CC(C)(C)OC(=O)N1CCC(n2nncc2B2OC(C)(C)C(C)(C)O2)CC1. The number of amides is 1. The third-order valence-electron chi connectivity index (χ3n) is 5.56. The number of ether oxygens (including phenoxy) is 1. The Labute approximate surface area is 161 Å². The summed E-state index contributed by atoms with van der Waals surface area (Å²) < 4.78 is 19.7. The zero-order valence-electron chi connectivity index (χ0n) is 17.5. The molecule has 0 radical (unpaired) electrons. The van der Waals surface area contributed by atoms with Crippen molar-refractivity contribution in [3.8, 4) is 0 Å². The first-order chi connectivity index (χ1) is 12.4. The Bertz CT molecular complexity index is 674. The van der Waals surface area contributed by atoms with Gasteiger partial charge in [-0.1, -0.05) is 5.21 Å². The van der Waals surface area contributed by atoms with Gasteiger partial charge in [0.05, 0.1) is 29.0 Å². The van der Waals surface area contributed by atoms with Crippen LogP contribution in [0.15, 0.2) is 6.20 Å². The normalized spacial score (nSPS) is 22.9. The fraction of sp³-hybridized carbons (Fsp3) is 0.833. The lowest BCUT2D eigenvalue weighted by Gasteiger charge is -2.33. The van der Waals surface area contributed by atoms with Crippen LogP contribution in [0.3, 0.4) is 0 Å². The second kappa shape index (κ2) is 6.77. The van der Waals surface area contributed by atoms with Gasteiger partial charge in [-0.3, -0.25) is 0 Å². The molecule has 9 heteroatoms. The van der Waals surface area contributed by atoms with Crippen LogP contribution in [0, 0.1) is 0 Å². The third-order valence-corrected chi connectivity index (χ3v) is 5.56. The number of nitrogens with zero attached hydrogens (tertiary/aromatic N) is 4. The molecule has 8 nitrogen and oxygen atoms in total. The Balaban J connectivity index is 1.66. The summed E-state index contributed by atoms with van der Waals surface area (Å²) in [6.07, 6.45) is 3.03. The smallest absolute Gasteiger partial charge is 0.444 e. The first-order valence-electron chi connectivity index (χ1n) is 9.63. The van der Waals surface area contributed by atoms with Gasteiger partial charge >= 0.3 is 13.2 Å². The first kappa shape index (κ1) is 20.1. The minimum Gasteiger partial charge on any atom is -0.444 e. The molecule has 0 N–H and O–H groups in total. The summed E-state index contributed by atoms with van der Waals surface area (Å²) in [4.78, 5) is 14.0. The molecule has 1 amide bonds. The topological polar surface area (TPSA) is 78.7 Å². The fourth-order valence-electron chi connectivity index (χ4n) is 3.29. The molecule has 0 aliphatic carbocycles. The highest BCUT2D eigenvalue weighted by atomic mass is 16.7. The van der Waals surface area contributed by atoms with E-state index in [2.05, 4.69) is 10.3 Å². The molecule has 2 aliphatic rings. The van der Waals surface area contributed by atoms with Crippen molar-refractivity contribution >= 4 is 18.8 Å². The molecule has 0 aromatic carbocycles. The maximum Gasteiger partial charge on any atom is 0.515 e. The second-order valence-electron chi connectivity index (χ2n) is 9.39. The predicted octanol–water partition coefficient (Wildman–Crippen LogP) is 2.15. The Morgan fingerprint density at radius 1 is 1.19 bits per heavy atom. The van der Waals surface area contributed by atoms with Gasteiger partial charge in [-0.05, 0) is 61.3 Å². The summed E-state index contributed by atoms with van der Waals surface area (Å²) in [7, 11) is -0.492. The molecule has 3 heterocycles. The lowest BCUT2D eigenvalue weighted by Crippen LogP contribution is -2.46. The number of hydrogen-bond donors (Lipinski definition) is 0. The van der Waals surface area contributed by atoms with E-state index in [9.17, 15) is 4.79 Å². The van der Waals surface area contributed by atoms with Gasteiger partial charge < -0.3 is 18.9 Å². The second-order valence-corrected chi connectivity index (χ2v) is 9.39. The molecule has 2 fully saturated rings. The van der Waals surface area contributed by atoms with E-state index in [0.29, 0.717) is 13.1 Å². The highest BCUT2D eigenvalue weighted by molar-refractivity contribution is 6.61. The van der Waals surface area contributed by atoms with Crippen LogP contribution in [-0.2, 0) is 14.0 Å². The van der Waals surface area contributed by atoms with Crippen LogP contribution < -0.4 is 5.59 Å². The van der Waals surface area contributed by atoms with E-state index in [1.54, 1.807) is 11.1 Å². The van der Waals surface area contributed by atoms with E-state index < -0.39 is 23.9 Å². The molecule has 2 saturated heterocycles. The van der Waals surface area contributed by atoms with E-state index in [1.807, 2.05) is 53.1 Å². The van der Waals surface area contributed by atoms with Crippen molar-refractivity contribution in [2.24, 2.45) is 0 Å². The van der Waals surface area contributed by atoms with Crippen molar-refractivity contribution in [1.29, 1.82) is 0 Å². The number of carbonyl (C=O) groups is 1. The standard InChI is InChI=1S/C18H31BN4O4/c1-16(2,3)25-15(24)22-10-8-13(9-11-22)23-14(12-20-21-23)19-26-17(4,5)18(6,7)27-19/h12-13H,8-11H2,1-7H3. The van der Waals surface area contributed by atoms with Gasteiger partial charge in [0.1, 0.15) is 5.60 Å². The van der Waals surface area contributed by atoms with Crippen molar-refractivity contribution < 1.29 is 18.8 Å². The summed E-state index contributed by atoms with van der Waals surface area (Å²) in [5.74, 6) is 0. The van der Waals surface area contributed by atoms with E-state index >= 15 is 0 Å². The van der Waals surface area contributed by atoms with Crippen molar-refractivity contribution in [2.75, 3.05) is 13.1 Å². The third kappa shape index (κ3) is 4.14. The van der Waals surface area contributed by atoms with Gasteiger partial charge in [0.25, 0.3) is 0 Å². The molecular weight excluding hydrogens is 347 g/mol. The summed E-state index contributed by atoms with van der Waals surface area (Å²) in [5, 5.41) is 8.37. The van der Waals surface area contributed by atoms with E-state index in [1.165, 1.54) is 0 Å². The Kier molecular flexibility index (Phi) is 5.05. The number of rotatable bonds is 2. The van der Waals surface area contributed by atoms with Crippen molar-refractivity contribution in [2.45, 2.75) is 84.2 Å². The van der Waals surface area contributed by atoms with Crippen LogP contribution in [0.5, 0.6) is 0 Å². The molecule has 150 valence electrons. The number of aromatic nitrogens is 3. The molecule has 3 rings (SSSR count). The van der Waals surface area contributed by atoms with Gasteiger partial charge in [-0.25, -0.2) is 9.48 Å². The molecule has 1 aromatic heterocycles. The quantitative estimate of drug-likeness (QED) is 0.734. The van der Waals surface area contributed by atoms with Gasteiger partial charge in [0.2, 0.25) is 0 Å². The molecule has 27 heavy (non-hydrogen) atoms. The molecule has 2 aliphatic heterocycles. The van der Waals surface area contributed by atoms with E-state index in [0.717, 1.165) is 18.4 Å². The lowest BCUT2D eigenvalue weighted by molar-refractivity contribution is 0.00578. The molecule has 0 bridgehead atoms. The maximum atomic E-state index is 12.3. The highest BCUT2D eigenvalue weighted by Gasteiger charge is 2.53. The zero-order valence-corrected chi connectivity index (χ0v) is 17.5. The first-order valence-corrected chi connectivity index (χ1v) is 9.63. The largest absolute Gasteiger partial charge is 0.515 e. The molecule has 0 unspecified atom stereocenters. The highest BCUT2D eigenvalue weighted by Crippen LogP contribution is 2.36. The van der Waals surface area contributed by atoms with Crippen molar-refractivity contribution in [3.63, 3.8) is 0 Å². The van der Waals surface area contributed by atoms with E-state index in [-0.39, 0.29) is 12.1 Å². The van der Waals surface area contributed by atoms with Crippen LogP contribution in [-0.4, -0.2) is 63.0 Å². The lowest BCUT2D eigenvalue weighted by atomic mass is 9.84. The molecule has 1 aromatic rings. The van der Waals surface area contributed by atoms with Gasteiger partial charge in [-0.2, -0.15) is 0 Å². The molecular formula is C18H31BN4O4. The number of hydrogen-bond acceptors (Lipinski definition) is 6. The van der Waals surface area contributed by atoms with Crippen LogP contribution in [0.1, 0.15) is 67.3 Å². The average molecular weight is 378 g/mol. The van der Waals surface area contributed by atoms with E-state index in [4.69, 9.17) is 14.0 Å². The number of piperidine rings is 1. The van der Waals surface area contributed by atoms with Crippen LogP contribution in [0.2, 0.25) is 0 Å². The van der Waals surface area contributed by atoms with Gasteiger partial charge in [0, 0.05) is 13.1 Å². The zero-order chi connectivity index (χ0) is 20.0. The number of carbonyl (C=O) groups excluding carboxylic acids is 1. The van der Waals surface area contributed by atoms with Crippen molar-refractivity contribution in [1.82, 2.24) is 19.9 Å². The molecule has 0 spiro atoms. The Morgan fingerprint density at radius 2 is 1.74 bits per heavy atom. The van der Waals surface area contributed by atoms with Gasteiger partial charge in [0.15, 0.2) is 0 Å². The molecule has 0 atom stereocenters. The minimum atomic E-state index is -0.492. The minimum absolute atomic E-state index is 0.153. The van der Waals surface area contributed by atoms with Crippen LogP contribution in [0.25, 0.3) is 0 Å². The van der Waals surface area contributed by atoms with Crippen LogP contribution >= 0.6 is 0 Å². The Hall–Kier alpha value is -1.61. The Morgan fingerprint density at radius 3 is 2.26 bits per heavy atom. The summed E-state index contributed by atoms with van der Waals surface area (Å²) in [6, 6.07) is 0.153. The fourth-order valence-corrected chi connectivity index (χ4v) is 3.29. The number of likely N-dealkylation sites (tertiary alicyclic amines) is 1. The maximum absolute atomic E-state index is 12.3. The summed E-state index contributed by atoms with van der Waals surface area (Å²) in [6.45, 7) is 15.0. The summed E-state index contributed by atoms with van der Waals surface area (Å²) in [5.41, 5.74) is -0.479. The average Bonchev–Trinajstić information content (AvgIpc) is 3.08. The molecule has 0 saturated carbocycles.